The van der Waals surface area contributed by atoms with Crippen molar-refractivity contribution in [2.75, 3.05) is 13.1 Å². The van der Waals surface area contributed by atoms with E-state index >= 15 is 0 Å². The van der Waals surface area contributed by atoms with Gasteiger partial charge in [-0.15, -0.1) is 0 Å². The number of nitrogens with one attached hydrogen (secondary N) is 2. The van der Waals surface area contributed by atoms with Gasteiger partial charge < -0.3 is 21.6 Å². The normalized spacial score (nSPS) is 12.1. The van der Waals surface area contributed by atoms with E-state index in [4.69, 9.17) is 10.9 Å². The van der Waals surface area contributed by atoms with Gasteiger partial charge in [0.15, 0.2) is 5.84 Å². The van der Waals surface area contributed by atoms with Gasteiger partial charge >= 0.3 is 0 Å². The quantitative estimate of drug-likeness (QED) is 0.218. The second-order valence-corrected chi connectivity index (χ2v) is 4.23. The molecule has 2 amide bonds. The summed E-state index contributed by atoms with van der Waals surface area (Å²) in [5, 5.41) is 17.0. The first-order valence-corrected chi connectivity index (χ1v) is 6.51. The molecule has 0 atom stereocenters. The van der Waals surface area contributed by atoms with Crippen LogP contribution in [0.4, 0.5) is 0 Å². The van der Waals surface area contributed by atoms with Crippen LogP contribution in [0.15, 0.2) is 5.16 Å². The van der Waals surface area contributed by atoms with Crippen LogP contribution in [0.2, 0.25) is 0 Å². The van der Waals surface area contributed by atoms with Gasteiger partial charge in [-0.05, 0) is 19.8 Å². The third kappa shape index (κ3) is 4.42. The summed E-state index contributed by atoms with van der Waals surface area (Å²) < 4.78 is 0. The average molecular weight is 272 g/mol. The fourth-order valence-electron chi connectivity index (χ4n) is 1.89. The molecule has 0 aromatic rings. The van der Waals surface area contributed by atoms with Crippen molar-refractivity contribution in [3.05, 3.63) is 0 Å². The van der Waals surface area contributed by atoms with E-state index in [1.54, 1.807) is 13.8 Å². The van der Waals surface area contributed by atoms with Crippen molar-refractivity contribution in [1.82, 2.24) is 10.6 Å². The number of hydrogen-bond acceptors (Lipinski definition) is 4. The first kappa shape index (κ1) is 17.2. The van der Waals surface area contributed by atoms with E-state index in [1.807, 2.05) is 6.92 Å². The van der Waals surface area contributed by atoms with Crippen LogP contribution in [0.25, 0.3) is 0 Å². The predicted molar refractivity (Wildman–Crippen MR) is 72.7 cm³/mol. The first-order chi connectivity index (χ1) is 8.98. The second-order valence-electron chi connectivity index (χ2n) is 4.23. The van der Waals surface area contributed by atoms with Crippen LogP contribution >= 0.6 is 0 Å². The zero-order valence-corrected chi connectivity index (χ0v) is 11.8. The Morgan fingerprint density at radius 3 is 2.21 bits per heavy atom. The number of rotatable bonds is 8. The molecule has 0 bridgehead atoms. The molecule has 0 heterocycles. The van der Waals surface area contributed by atoms with Gasteiger partial charge in [-0.25, -0.2) is 0 Å². The maximum atomic E-state index is 12.2. The molecule has 0 aromatic heterocycles. The lowest BCUT2D eigenvalue weighted by molar-refractivity contribution is -0.128. The third-order valence-corrected chi connectivity index (χ3v) is 3.25. The van der Waals surface area contributed by atoms with Gasteiger partial charge in [0, 0.05) is 19.5 Å². The number of amides is 2. The van der Waals surface area contributed by atoms with Gasteiger partial charge in [-0.1, -0.05) is 19.0 Å². The molecule has 0 aliphatic carbocycles. The highest BCUT2D eigenvalue weighted by Gasteiger charge is 2.39. The summed E-state index contributed by atoms with van der Waals surface area (Å²) in [7, 11) is 0. The molecule has 0 rings (SSSR count). The smallest absolute Gasteiger partial charge is 0.233 e. The van der Waals surface area contributed by atoms with Crippen molar-refractivity contribution < 1.29 is 14.8 Å². The van der Waals surface area contributed by atoms with Gasteiger partial charge in [0.25, 0.3) is 0 Å². The second kappa shape index (κ2) is 8.34. The Labute approximate surface area is 113 Å². The first-order valence-electron chi connectivity index (χ1n) is 6.51. The Morgan fingerprint density at radius 1 is 1.21 bits per heavy atom. The largest absolute Gasteiger partial charge is 0.409 e. The molecule has 7 heteroatoms. The van der Waals surface area contributed by atoms with Crippen LogP contribution in [0, 0.1) is 5.41 Å². The minimum absolute atomic E-state index is 0.104. The van der Waals surface area contributed by atoms with Crippen LogP contribution < -0.4 is 16.4 Å². The molecule has 0 spiro atoms. The lowest BCUT2D eigenvalue weighted by atomic mass is 9.80. The molecule has 0 aliphatic rings. The third-order valence-electron chi connectivity index (χ3n) is 3.25. The molecule has 0 radical (unpaired) electrons. The molecule has 0 saturated heterocycles. The summed E-state index contributed by atoms with van der Waals surface area (Å²) in [6.07, 6.45) is 1.05. The van der Waals surface area contributed by atoms with Crippen LogP contribution in [-0.4, -0.2) is 35.9 Å². The number of carbonyl (C=O) groups is 2. The maximum Gasteiger partial charge on any atom is 0.233 e. The minimum atomic E-state index is -1.02. The maximum absolute atomic E-state index is 12.2. The Bertz CT molecular complexity index is 338. The number of carbonyl (C=O) groups excluding carboxylic acids is 2. The summed E-state index contributed by atoms with van der Waals surface area (Å²) in [4.78, 5) is 23.4. The number of nitrogens with zero attached hydrogens (tertiary/aromatic N) is 1. The van der Waals surface area contributed by atoms with E-state index in [9.17, 15) is 9.59 Å². The van der Waals surface area contributed by atoms with E-state index in [2.05, 4.69) is 15.8 Å². The summed E-state index contributed by atoms with van der Waals surface area (Å²) in [6.45, 7) is 6.21. The van der Waals surface area contributed by atoms with Crippen molar-refractivity contribution in [3.63, 3.8) is 0 Å². The molecule has 19 heavy (non-hydrogen) atoms. The number of hydrogen-bond donors (Lipinski definition) is 4. The zero-order valence-electron chi connectivity index (χ0n) is 11.8. The Balaban J connectivity index is 4.56. The molecule has 0 aliphatic heterocycles. The van der Waals surface area contributed by atoms with E-state index in [0.717, 1.165) is 0 Å². The van der Waals surface area contributed by atoms with Gasteiger partial charge in [0.05, 0.1) is 0 Å². The van der Waals surface area contributed by atoms with E-state index < -0.39 is 5.41 Å². The molecule has 7 nitrogen and oxygen atoms in total. The monoisotopic (exact) mass is 272 g/mol. The zero-order chi connectivity index (χ0) is 14.9. The highest BCUT2D eigenvalue weighted by molar-refractivity contribution is 6.06. The lowest BCUT2D eigenvalue weighted by Gasteiger charge is -2.28. The molecule has 0 fully saturated rings. The Hall–Kier alpha value is -1.79. The van der Waals surface area contributed by atoms with E-state index in [1.165, 1.54) is 0 Å². The van der Waals surface area contributed by atoms with Crippen molar-refractivity contribution in [3.8, 4) is 0 Å². The van der Waals surface area contributed by atoms with Gasteiger partial charge in [0.1, 0.15) is 5.41 Å². The molecule has 0 saturated carbocycles. The highest BCUT2D eigenvalue weighted by atomic mass is 16.4. The van der Waals surface area contributed by atoms with Gasteiger partial charge in [-0.3, -0.25) is 9.59 Å². The van der Waals surface area contributed by atoms with E-state index in [0.29, 0.717) is 19.4 Å². The van der Waals surface area contributed by atoms with Gasteiger partial charge in [-0.2, -0.15) is 0 Å². The minimum Gasteiger partial charge on any atom is -0.409 e. The van der Waals surface area contributed by atoms with Crippen molar-refractivity contribution in [1.29, 1.82) is 0 Å². The Kier molecular flexibility index (Phi) is 7.55. The summed E-state index contributed by atoms with van der Waals surface area (Å²) in [5.74, 6) is -0.546. The summed E-state index contributed by atoms with van der Waals surface area (Å²) >= 11 is 0. The standard InChI is InChI=1S/C12H24N4O3/c1-4-12(5-2,10(13)16-19)11(18)15-8-7-9(17)14-6-3/h19H,4-8H2,1-3H3,(H2,13,16)(H,14,17)(H,15,18). The van der Waals surface area contributed by atoms with E-state index in [-0.39, 0.29) is 30.6 Å². The van der Waals surface area contributed by atoms with Gasteiger partial charge in [0.2, 0.25) is 11.8 Å². The predicted octanol–water partition coefficient (Wildman–Crippen LogP) is 0.182. The van der Waals surface area contributed by atoms with Crippen LogP contribution in [0.1, 0.15) is 40.0 Å². The molecular weight excluding hydrogens is 248 g/mol. The average Bonchev–Trinajstić information content (AvgIpc) is 2.40. The van der Waals surface area contributed by atoms with Crippen LogP contribution in [-0.2, 0) is 9.59 Å². The molecule has 0 aromatic carbocycles. The number of nitrogens with two attached hydrogens (primary N) is 1. The lowest BCUT2D eigenvalue weighted by Crippen LogP contribution is -2.49. The summed E-state index contributed by atoms with van der Waals surface area (Å²) in [6, 6.07) is 0. The number of oxime groups is 1. The van der Waals surface area contributed by atoms with Crippen molar-refractivity contribution in [2.24, 2.45) is 16.3 Å². The SMILES string of the molecule is CCNC(=O)CCNC(=O)C(CC)(CC)C(N)=NO. The fourth-order valence-corrected chi connectivity index (χ4v) is 1.89. The molecular formula is C12H24N4O3. The fraction of sp³-hybridized carbons (Fsp3) is 0.750. The highest BCUT2D eigenvalue weighted by Crippen LogP contribution is 2.26. The van der Waals surface area contributed by atoms with Crippen molar-refractivity contribution >= 4 is 17.6 Å². The van der Waals surface area contributed by atoms with Crippen LogP contribution in [0.3, 0.4) is 0 Å². The van der Waals surface area contributed by atoms with Crippen molar-refractivity contribution in [2.45, 2.75) is 40.0 Å². The summed E-state index contributed by atoms with van der Waals surface area (Å²) in [5.41, 5.74) is 4.60. The molecule has 5 N–H and O–H groups in total. The molecule has 110 valence electrons. The van der Waals surface area contributed by atoms with Crippen LogP contribution in [0.5, 0.6) is 0 Å². The topological polar surface area (TPSA) is 117 Å². The molecule has 0 unspecified atom stereocenters. The number of amidine groups is 1. The Morgan fingerprint density at radius 2 is 1.79 bits per heavy atom.